The monoisotopic (exact) mass is 238 g/mol. The molecule has 0 aromatic carbocycles. The molecule has 90 valence electrons. The van der Waals surface area contributed by atoms with Crippen LogP contribution in [0.15, 0.2) is 5.38 Å². The van der Waals surface area contributed by atoms with Gasteiger partial charge in [-0.3, -0.25) is 0 Å². The summed E-state index contributed by atoms with van der Waals surface area (Å²) in [6, 6.07) is 0. The van der Waals surface area contributed by atoms with Gasteiger partial charge in [0.2, 0.25) is 0 Å². The van der Waals surface area contributed by atoms with Crippen molar-refractivity contribution in [3.8, 4) is 0 Å². The van der Waals surface area contributed by atoms with Crippen molar-refractivity contribution in [2.24, 2.45) is 5.92 Å². The fourth-order valence-corrected chi connectivity index (χ4v) is 3.77. The summed E-state index contributed by atoms with van der Waals surface area (Å²) >= 11 is 1.83. The van der Waals surface area contributed by atoms with E-state index in [-0.39, 0.29) is 5.54 Å². The molecule has 2 rings (SSSR count). The van der Waals surface area contributed by atoms with Gasteiger partial charge in [0.05, 0.1) is 11.2 Å². The second-order valence-electron chi connectivity index (χ2n) is 5.08. The van der Waals surface area contributed by atoms with E-state index in [1.807, 2.05) is 11.3 Å². The number of hydrogen-bond acceptors (Lipinski definition) is 3. The summed E-state index contributed by atoms with van der Waals surface area (Å²) in [4.78, 5) is 4.84. The molecule has 1 fully saturated rings. The van der Waals surface area contributed by atoms with Crippen LogP contribution in [0.5, 0.6) is 0 Å². The van der Waals surface area contributed by atoms with Gasteiger partial charge in [-0.15, -0.1) is 11.3 Å². The number of hydrogen-bond donors (Lipinski definition) is 1. The maximum atomic E-state index is 4.84. The lowest BCUT2D eigenvalue weighted by atomic mass is 9.91. The Morgan fingerprint density at radius 2 is 2.25 bits per heavy atom. The molecule has 1 aromatic heterocycles. The summed E-state index contributed by atoms with van der Waals surface area (Å²) < 4.78 is 0. The first-order valence-electron chi connectivity index (χ1n) is 6.28. The second kappa shape index (κ2) is 4.46. The van der Waals surface area contributed by atoms with Gasteiger partial charge in [-0.2, -0.15) is 0 Å². The third kappa shape index (κ3) is 1.91. The Hall–Kier alpha value is -0.410. The van der Waals surface area contributed by atoms with Gasteiger partial charge in [-0.25, -0.2) is 4.98 Å². The number of thiazole rings is 1. The lowest BCUT2D eigenvalue weighted by Crippen LogP contribution is -2.41. The molecular formula is C13H22N2S. The lowest BCUT2D eigenvalue weighted by Gasteiger charge is -2.30. The summed E-state index contributed by atoms with van der Waals surface area (Å²) in [5.41, 5.74) is 1.39. The zero-order valence-electron chi connectivity index (χ0n) is 10.7. The minimum absolute atomic E-state index is 0.151. The third-order valence-electron chi connectivity index (χ3n) is 3.77. The molecule has 1 aliphatic rings. The third-order valence-corrected chi connectivity index (χ3v) is 4.81. The highest BCUT2D eigenvalue weighted by molar-refractivity contribution is 7.09. The molecule has 2 nitrogen and oxygen atoms in total. The topological polar surface area (TPSA) is 24.9 Å². The molecule has 0 bridgehead atoms. The Morgan fingerprint density at radius 1 is 1.56 bits per heavy atom. The first kappa shape index (κ1) is 12.1. The Bertz CT molecular complexity index is 349. The second-order valence-corrected chi connectivity index (χ2v) is 5.94. The zero-order chi connectivity index (χ0) is 11.8. The molecule has 0 saturated heterocycles. The first-order valence-corrected chi connectivity index (χ1v) is 7.16. The minimum atomic E-state index is 0.151. The van der Waals surface area contributed by atoms with Gasteiger partial charge in [0.1, 0.15) is 5.01 Å². The summed E-state index contributed by atoms with van der Waals surface area (Å²) in [5.74, 6) is 1.34. The van der Waals surface area contributed by atoms with E-state index in [1.165, 1.54) is 23.5 Å². The molecule has 0 spiro atoms. The Kier molecular flexibility index (Phi) is 3.36. The zero-order valence-corrected chi connectivity index (χ0v) is 11.5. The van der Waals surface area contributed by atoms with Crippen LogP contribution in [0.3, 0.4) is 0 Å². The molecule has 3 heteroatoms. The van der Waals surface area contributed by atoms with Crippen molar-refractivity contribution < 1.29 is 0 Å². The summed E-state index contributed by atoms with van der Waals surface area (Å²) in [5, 5.41) is 7.07. The van der Waals surface area contributed by atoms with Gasteiger partial charge in [0.15, 0.2) is 0 Å². The van der Waals surface area contributed by atoms with Gasteiger partial charge >= 0.3 is 0 Å². The molecule has 1 N–H and O–H groups in total. The minimum Gasteiger partial charge on any atom is -0.308 e. The molecule has 1 unspecified atom stereocenters. The summed E-state index contributed by atoms with van der Waals surface area (Å²) in [6.07, 6.45) is 3.84. The SMILES string of the molecule is CCC(NC)(c1nc(C(C)C)cs1)C1CC1. The molecule has 16 heavy (non-hydrogen) atoms. The average Bonchev–Trinajstić information content (AvgIpc) is 2.98. The molecular weight excluding hydrogens is 216 g/mol. The number of aromatic nitrogens is 1. The smallest absolute Gasteiger partial charge is 0.113 e. The standard InChI is InChI=1S/C13H22N2S/c1-5-13(14-4,10-6-7-10)12-15-11(8-16-12)9(2)3/h8-10,14H,5-7H2,1-4H3. The van der Waals surface area contributed by atoms with Crippen molar-refractivity contribution in [2.75, 3.05) is 7.05 Å². The van der Waals surface area contributed by atoms with Crippen molar-refractivity contribution in [3.63, 3.8) is 0 Å². The van der Waals surface area contributed by atoms with E-state index in [0.29, 0.717) is 5.92 Å². The van der Waals surface area contributed by atoms with Gasteiger partial charge < -0.3 is 5.32 Å². The van der Waals surface area contributed by atoms with Crippen molar-refractivity contribution in [2.45, 2.75) is 51.5 Å². The van der Waals surface area contributed by atoms with Gasteiger partial charge in [-0.1, -0.05) is 20.8 Å². The van der Waals surface area contributed by atoms with Gasteiger partial charge in [0, 0.05) is 5.38 Å². The van der Waals surface area contributed by atoms with Crippen LogP contribution in [0.4, 0.5) is 0 Å². The van der Waals surface area contributed by atoms with Crippen LogP contribution in [0.2, 0.25) is 0 Å². The summed E-state index contributed by atoms with van der Waals surface area (Å²) in [7, 11) is 2.08. The quantitative estimate of drug-likeness (QED) is 0.849. The predicted molar refractivity (Wildman–Crippen MR) is 70.0 cm³/mol. The van der Waals surface area contributed by atoms with E-state index in [0.717, 1.165) is 12.3 Å². The molecule has 1 atom stereocenters. The van der Waals surface area contributed by atoms with Crippen molar-refractivity contribution in [1.29, 1.82) is 0 Å². The van der Waals surface area contributed by atoms with Crippen LogP contribution in [0.25, 0.3) is 0 Å². The molecule has 0 radical (unpaired) electrons. The van der Waals surface area contributed by atoms with Crippen LogP contribution in [-0.2, 0) is 5.54 Å². The van der Waals surface area contributed by atoms with Crippen LogP contribution >= 0.6 is 11.3 Å². The number of nitrogens with one attached hydrogen (secondary N) is 1. The molecule has 0 aliphatic heterocycles. The molecule has 1 aliphatic carbocycles. The molecule has 1 aromatic rings. The van der Waals surface area contributed by atoms with E-state index in [9.17, 15) is 0 Å². The van der Waals surface area contributed by atoms with E-state index in [4.69, 9.17) is 4.98 Å². The highest BCUT2D eigenvalue weighted by Crippen LogP contribution is 2.48. The van der Waals surface area contributed by atoms with Crippen molar-refractivity contribution in [1.82, 2.24) is 10.3 Å². The highest BCUT2D eigenvalue weighted by Gasteiger charge is 2.46. The Labute approximate surface area is 102 Å². The van der Waals surface area contributed by atoms with Crippen LogP contribution < -0.4 is 5.32 Å². The van der Waals surface area contributed by atoms with E-state index in [1.54, 1.807) is 0 Å². The maximum Gasteiger partial charge on any atom is 0.113 e. The Balaban J connectivity index is 2.31. The largest absolute Gasteiger partial charge is 0.308 e. The normalized spacial score (nSPS) is 20.1. The molecule has 1 heterocycles. The predicted octanol–water partition coefficient (Wildman–Crippen LogP) is 3.50. The van der Waals surface area contributed by atoms with Gasteiger partial charge in [-0.05, 0) is 38.1 Å². The maximum absolute atomic E-state index is 4.84. The number of rotatable bonds is 5. The summed E-state index contributed by atoms with van der Waals surface area (Å²) in [6.45, 7) is 6.69. The molecule has 0 amide bonds. The fourth-order valence-electron chi connectivity index (χ4n) is 2.43. The highest BCUT2D eigenvalue weighted by atomic mass is 32.1. The van der Waals surface area contributed by atoms with Crippen LogP contribution in [-0.4, -0.2) is 12.0 Å². The van der Waals surface area contributed by atoms with Crippen LogP contribution in [0.1, 0.15) is 56.7 Å². The van der Waals surface area contributed by atoms with E-state index >= 15 is 0 Å². The molecule has 1 saturated carbocycles. The van der Waals surface area contributed by atoms with Gasteiger partial charge in [0.25, 0.3) is 0 Å². The van der Waals surface area contributed by atoms with Crippen molar-refractivity contribution in [3.05, 3.63) is 16.1 Å². The van der Waals surface area contributed by atoms with Crippen molar-refractivity contribution >= 4 is 11.3 Å². The first-order chi connectivity index (χ1) is 7.64. The van der Waals surface area contributed by atoms with E-state index in [2.05, 4.69) is 38.5 Å². The lowest BCUT2D eigenvalue weighted by molar-refractivity contribution is 0.297. The number of nitrogens with zero attached hydrogens (tertiary/aromatic N) is 1. The average molecular weight is 238 g/mol. The fraction of sp³-hybridized carbons (Fsp3) is 0.769. The van der Waals surface area contributed by atoms with Crippen LogP contribution in [0, 0.1) is 5.92 Å². The van der Waals surface area contributed by atoms with E-state index < -0.39 is 0 Å². The Morgan fingerprint density at radius 3 is 2.62 bits per heavy atom.